The van der Waals surface area contributed by atoms with Crippen LogP contribution >= 0.6 is 0 Å². The van der Waals surface area contributed by atoms with Crippen molar-refractivity contribution < 1.29 is 4.74 Å². The summed E-state index contributed by atoms with van der Waals surface area (Å²) < 4.78 is 6.45. The van der Waals surface area contributed by atoms with Gasteiger partial charge in [-0.05, 0) is 51.1 Å². The Bertz CT molecular complexity index is 1610. The molecule has 2 aliphatic heterocycles. The maximum Gasteiger partial charge on any atom is 0.182 e. The lowest BCUT2D eigenvalue weighted by Gasteiger charge is -2.31. The Kier molecular flexibility index (Phi) is 5.37. The predicted octanol–water partition coefficient (Wildman–Crippen LogP) is 4.41. The molecule has 38 heavy (non-hydrogen) atoms. The van der Waals surface area contributed by atoms with Crippen molar-refractivity contribution in [3.05, 3.63) is 134 Å². The van der Waals surface area contributed by atoms with Crippen molar-refractivity contribution in [2.75, 3.05) is 18.6 Å². The van der Waals surface area contributed by atoms with Gasteiger partial charge in [-0.2, -0.15) is 0 Å². The van der Waals surface area contributed by atoms with Gasteiger partial charge in [0.1, 0.15) is 11.5 Å². The van der Waals surface area contributed by atoms with Gasteiger partial charge in [-0.1, -0.05) is 78.9 Å². The first-order valence-corrected chi connectivity index (χ1v) is 14.9. The number of hydrogen-bond acceptors (Lipinski definition) is 4. The molecular weight excluding hydrogens is 482 g/mol. The van der Waals surface area contributed by atoms with Gasteiger partial charge in [0.15, 0.2) is 8.07 Å². The molecule has 184 valence electrons. The maximum absolute atomic E-state index is 6.45. The van der Waals surface area contributed by atoms with Crippen LogP contribution in [0.2, 0.25) is 0 Å². The molecule has 0 N–H and O–H groups in total. The second-order valence-corrected chi connectivity index (χ2v) is 13.6. The van der Waals surface area contributed by atoms with Crippen molar-refractivity contribution in [3.8, 4) is 22.8 Å². The van der Waals surface area contributed by atoms with E-state index in [1.54, 1.807) is 0 Å². The largest absolute Gasteiger partial charge is 0.457 e. The fraction of sp³-hybridized carbons (Fsp3) is 0.0606. The van der Waals surface area contributed by atoms with Crippen molar-refractivity contribution in [1.82, 2.24) is 9.88 Å². The van der Waals surface area contributed by atoms with E-state index in [0.717, 1.165) is 35.1 Å². The summed E-state index contributed by atoms with van der Waals surface area (Å²) in [6, 6.07) is 41.1. The average Bonchev–Trinajstić information content (AvgIpc) is 3.54. The zero-order valence-electron chi connectivity index (χ0n) is 21.2. The number of anilines is 1. The van der Waals surface area contributed by atoms with Crippen LogP contribution in [0.4, 0.5) is 5.69 Å². The van der Waals surface area contributed by atoms with E-state index in [1.165, 1.54) is 20.7 Å². The number of hydrogen-bond donors (Lipinski definition) is 0. The molecule has 2 aliphatic rings. The smallest absolute Gasteiger partial charge is 0.182 e. The normalized spacial score (nSPS) is 14.9. The topological polar surface area (TPSA) is 28.6 Å². The van der Waals surface area contributed by atoms with Crippen molar-refractivity contribution in [2.45, 2.75) is 0 Å². The number of rotatable bonds is 5. The minimum absolute atomic E-state index is 0.817. The van der Waals surface area contributed by atoms with Crippen LogP contribution in [0.15, 0.2) is 134 Å². The minimum Gasteiger partial charge on any atom is -0.457 e. The third kappa shape index (κ3) is 3.55. The summed E-state index contributed by atoms with van der Waals surface area (Å²) in [4.78, 5) is 9.28. The summed E-state index contributed by atoms with van der Waals surface area (Å²) >= 11 is 0. The number of ether oxygens (including phenoxy) is 1. The number of aromatic nitrogens is 1. The van der Waals surface area contributed by atoms with Crippen molar-refractivity contribution in [1.29, 1.82) is 0 Å². The molecule has 0 spiro atoms. The second kappa shape index (κ2) is 9.05. The first kappa shape index (κ1) is 22.6. The lowest BCUT2D eigenvalue weighted by molar-refractivity contribution is 0.481. The summed E-state index contributed by atoms with van der Waals surface area (Å²) in [5.74, 6) is 1.64. The Balaban J connectivity index is 1.35. The molecule has 4 aromatic carbocycles. The van der Waals surface area contributed by atoms with Crippen LogP contribution in [0.1, 0.15) is 0 Å². The van der Waals surface area contributed by atoms with Gasteiger partial charge in [-0.15, -0.1) is 0 Å². The SMILES string of the molecule is CN1C=CN(c2cccc(Oc3ccc4c(c3)-c3ncccc3[Si]4(c3ccccc3)c3ccccc3)c2)C1. The molecule has 0 saturated carbocycles. The number of benzene rings is 4. The molecule has 7 rings (SSSR count). The van der Waals surface area contributed by atoms with Gasteiger partial charge in [-0.3, -0.25) is 4.98 Å². The van der Waals surface area contributed by atoms with Gasteiger partial charge < -0.3 is 14.5 Å². The Morgan fingerprint density at radius 2 is 1.42 bits per heavy atom. The lowest BCUT2D eigenvalue weighted by Crippen LogP contribution is -2.72. The molecule has 5 aromatic rings. The van der Waals surface area contributed by atoms with Gasteiger partial charge in [-0.25, -0.2) is 0 Å². The van der Waals surface area contributed by atoms with E-state index >= 15 is 0 Å². The maximum atomic E-state index is 6.45. The molecule has 0 unspecified atom stereocenters. The Labute approximate surface area is 224 Å². The van der Waals surface area contributed by atoms with Crippen LogP contribution in [-0.2, 0) is 0 Å². The highest BCUT2D eigenvalue weighted by Gasteiger charge is 2.49. The highest BCUT2D eigenvalue weighted by Crippen LogP contribution is 2.33. The Morgan fingerprint density at radius 3 is 2.13 bits per heavy atom. The van der Waals surface area contributed by atoms with Crippen LogP contribution in [0.5, 0.6) is 11.5 Å². The van der Waals surface area contributed by atoms with E-state index in [0.29, 0.717) is 0 Å². The number of pyridine rings is 1. The van der Waals surface area contributed by atoms with E-state index in [2.05, 4.69) is 132 Å². The van der Waals surface area contributed by atoms with Gasteiger partial charge in [0.05, 0.1) is 12.4 Å². The summed E-state index contributed by atoms with van der Waals surface area (Å²) in [6.45, 7) is 0.830. The zero-order valence-corrected chi connectivity index (χ0v) is 22.2. The van der Waals surface area contributed by atoms with E-state index in [1.807, 2.05) is 18.3 Å². The molecule has 0 amide bonds. The molecule has 0 fully saturated rings. The van der Waals surface area contributed by atoms with Gasteiger partial charge in [0.25, 0.3) is 0 Å². The van der Waals surface area contributed by atoms with Crippen molar-refractivity contribution in [3.63, 3.8) is 0 Å². The Morgan fingerprint density at radius 1 is 0.684 bits per heavy atom. The lowest BCUT2D eigenvalue weighted by atomic mass is 10.1. The molecule has 4 nitrogen and oxygen atoms in total. The van der Waals surface area contributed by atoms with Crippen LogP contribution in [0.25, 0.3) is 11.3 Å². The fourth-order valence-corrected chi connectivity index (χ4v) is 11.0. The first-order chi connectivity index (χ1) is 18.7. The minimum atomic E-state index is -2.51. The summed E-state index contributed by atoms with van der Waals surface area (Å²) in [7, 11) is -0.440. The molecule has 3 heterocycles. The van der Waals surface area contributed by atoms with Gasteiger partial charge >= 0.3 is 0 Å². The molecule has 0 saturated heterocycles. The monoisotopic (exact) mass is 509 g/mol. The molecule has 0 atom stereocenters. The molecule has 0 aliphatic carbocycles. The van der Waals surface area contributed by atoms with Crippen LogP contribution in [-0.4, -0.2) is 31.7 Å². The first-order valence-electron chi connectivity index (χ1n) is 12.9. The van der Waals surface area contributed by atoms with Gasteiger partial charge in [0, 0.05) is 43.0 Å². The van der Waals surface area contributed by atoms with E-state index in [9.17, 15) is 0 Å². The summed E-state index contributed by atoms with van der Waals surface area (Å²) in [5, 5.41) is 5.42. The Hall–Kier alpha value is -4.61. The van der Waals surface area contributed by atoms with E-state index < -0.39 is 8.07 Å². The quantitative estimate of drug-likeness (QED) is 0.322. The van der Waals surface area contributed by atoms with E-state index in [4.69, 9.17) is 9.72 Å². The van der Waals surface area contributed by atoms with Crippen LogP contribution in [0.3, 0.4) is 0 Å². The highest BCUT2D eigenvalue weighted by atomic mass is 28.3. The fourth-order valence-electron chi connectivity index (χ4n) is 5.90. The third-order valence-corrected chi connectivity index (χ3v) is 12.4. The second-order valence-electron chi connectivity index (χ2n) is 9.85. The van der Waals surface area contributed by atoms with Gasteiger partial charge in [0.2, 0.25) is 0 Å². The van der Waals surface area contributed by atoms with E-state index in [-0.39, 0.29) is 0 Å². The molecule has 1 aromatic heterocycles. The number of nitrogens with zero attached hydrogens (tertiary/aromatic N) is 3. The van der Waals surface area contributed by atoms with Crippen LogP contribution in [0, 0.1) is 0 Å². The summed E-state index contributed by atoms with van der Waals surface area (Å²) in [5.41, 5.74) is 3.33. The van der Waals surface area contributed by atoms with Crippen LogP contribution < -0.4 is 30.4 Å². The zero-order chi connectivity index (χ0) is 25.5. The third-order valence-electron chi connectivity index (χ3n) is 7.54. The predicted molar refractivity (Wildman–Crippen MR) is 158 cm³/mol. The van der Waals surface area contributed by atoms with Crippen molar-refractivity contribution >= 4 is 34.5 Å². The average molecular weight is 510 g/mol. The highest BCUT2D eigenvalue weighted by molar-refractivity contribution is 7.22. The molecular formula is C33H27N3OSi. The van der Waals surface area contributed by atoms with Crippen molar-refractivity contribution in [2.24, 2.45) is 0 Å². The molecule has 0 radical (unpaired) electrons. The molecule has 0 bridgehead atoms. The summed E-state index contributed by atoms with van der Waals surface area (Å²) in [6.07, 6.45) is 6.07. The standard InChI is InChI=1S/C33H27N3OSi/c1-35-20-21-36(24-35)25-10-8-11-26(22-25)37-27-17-18-31-30(23-27)33-32(16-9-19-34-33)38(31,28-12-4-2-5-13-28)29-14-6-3-7-15-29/h2-23H,24H2,1H3. The molecule has 5 heteroatoms. The number of fused-ring (bicyclic) bond motifs is 3.